The van der Waals surface area contributed by atoms with Gasteiger partial charge in [0.25, 0.3) is 0 Å². The molecular formula is C24H26N2O3. The lowest BCUT2D eigenvalue weighted by atomic mass is 9.71. The van der Waals surface area contributed by atoms with Crippen LogP contribution in [-0.4, -0.2) is 36.4 Å². The molecule has 0 saturated carbocycles. The van der Waals surface area contributed by atoms with E-state index in [1.54, 1.807) is 4.90 Å². The van der Waals surface area contributed by atoms with Gasteiger partial charge >= 0.3 is 0 Å². The van der Waals surface area contributed by atoms with Gasteiger partial charge in [0.05, 0.1) is 18.1 Å². The number of nitrogens with zero attached hydrogens (tertiary/aromatic N) is 1. The second-order valence-electron chi connectivity index (χ2n) is 7.68. The number of fused-ring (bicyclic) bond motifs is 1. The van der Waals surface area contributed by atoms with Gasteiger partial charge < -0.3 is 15.0 Å². The second kappa shape index (κ2) is 8.11. The van der Waals surface area contributed by atoms with Crippen LogP contribution in [0.4, 0.5) is 0 Å². The Morgan fingerprint density at radius 3 is 2.48 bits per heavy atom. The number of amides is 2. The molecular weight excluding hydrogens is 364 g/mol. The lowest BCUT2D eigenvalue weighted by Gasteiger charge is -2.42. The predicted molar refractivity (Wildman–Crippen MR) is 112 cm³/mol. The zero-order chi connectivity index (χ0) is 20.3. The maximum atomic E-state index is 13.7. The summed E-state index contributed by atoms with van der Waals surface area (Å²) in [7, 11) is 0. The summed E-state index contributed by atoms with van der Waals surface area (Å²) in [6, 6.07) is 17.7. The third-order valence-electron chi connectivity index (χ3n) is 6.13. The third-order valence-corrected chi connectivity index (χ3v) is 6.13. The van der Waals surface area contributed by atoms with E-state index in [2.05, 4.69) is 11.9 Å². The summed E-state index contributed by atoms with van der Waals surface area (Å²) in [6.07, 6.45) is 3.27. The summed E-state index contributed by atoms with van der Waals surface area (Å²) in [4.78, 5) is 27.5. The Hall–Kier alpha value is -3.08. The number of carbonyl (C=O) groups is 2. The lowest BCUT2D eigenvalue weighted by Crippen LogP contribution is -2.53. The van der Waals surface area contributed by atoms with Crippen LogP contribution < -0.4 is 10.1 Å². The van der Waals surface area contributed by atoms with Crippen molar-refractivity contribution in [3.05, 3.63) is 78.4 Å². The molecule has 1 atom stereocenters. The van der Waals surface area contributed by atoms with Crippen LogP contribution >= 0.6 is 0 Å². The van der Waals surface area contributed by atoms with Crippen molar-refractivity contribution in [1.29, 1.82) is 0 Å². The molecule has 1 saturated heterocycles. The van der Waals surface area contributed by atoms with E-state index in [1.165, 1.54) is 6.08 Å². The molecule has 2 aromatic carbocycles. The quantitative estimate of drug-likeness (QED) is 0.815. The van der Waals surface area contributed by atoms with Gasteiger partial charge in [-0.05, 0) is 30.5 Å². The van der Waals surface area contributed by atoms with Crippen molar-refractivity contribution < 1.29 is 14.3 Å². The summed E-state index contributed by atoms with van der Waals surface area (Å²) in [6.45, 7) is 5.25. The molecule has 0 bridgehead atoms. The Bertz CT molecular complexity index is 901. The maximum Gasteiger partial charge on any atom is 0.245 e. The van der Waals surface area contributed by atoms with E-state index in [-0.39, 0.29) is 17.9 Å². The van der Waals surface area contributed by atoms with Gasteiger partial charge in [-0.2, -0.15) is 0 Å². The first kappa shape index (κ1) is 19.2. The Morgan fingerprint density at radius 1 is 1.07 bits per heavy atom. The molecule has 4 rings (SSSR count). The van der Waals surface area contributed by atoms with E-state index in [9.17, 15) is 9.59 Å². The zero-order valence-corrected chi connectivity index (χ0v) is 16.5. The van der Waals surface area contributed by atoms with Crippen LogP contribution in [0.25, 0.3) is 0 Å². The molecule has 1 unspecified atom stereocenters. The first-order valence-electron chi connectivity index (χ1n) is 10.1. The standard InChI is InChI=1S/C24H26N2O3/c1-2-22(27)26-15-13-24(14-16-26,18-8-4-3-5-9-18)23(28)25-20-12-17-29-21-11-7-6-10-19(20)21/h2-11,20H,1,12-17H2,(H,25,28). The number of hydrogen-bond donors (Lipinski definition) is 1. The molecule has 29 heavy (non-hydrogen) atoms. The van der Waals surface area contributed by atoms with Crippen molar-refractivity contribution in [3.8, 4) is 5.75 Å². The molecule has 2 heterocycles. The summed E-state index contributed by atoms with van der Waals surface area (Å²) in [5.74, 6) is 0.783. The van der Waals surface area contributed by atoms with E-state index in [4.69, 9.17) is 4.74 Å². The highest BCUT2D eigenvalue weighted by Gasteiger charge is 2.44. The number of likely N-dealkylation sites (tertiary alicyclic amines) is 1. The molecule has 2 aromatic rings. The van der Waals surface area contributed by atoms with Gasteiger partial charge in [0.1, 0.15) is 5.75 Å². The van der Waals surface area contributed by atoms with Crippen molar-refractivity contribution in [2.45, 2.75) is 30.7 Å². The smallest absolute Gasteiger partial charge is 0.245 e. The fourth-order valence-corrected chi connectivity index (χ4v) is 4.43. The fourth-order valence-electron chi connectivity index (χ4n) is 4.43. The molecule has 0 radical (unpaired) electrons. The van der Waals surface area contributed by atoms with Crippen LogP contribution in [-0.2, 0) is 15.0 Å². The summed E-state index contributed by atoms with van der Waals surface area (Å²) in [5, 5.41) is 3.30. The number of piperidine rings is 1. The van der Waals surface area contributed by atoms with Gasteiger partial charge in [-0.25, -0.2) is 0 Å². The molecule has 2 aliphatic heterocycles. The van der Waals surface area contributed by atoms with Crippen LogP contribution in [0.2, 0.25) is 0 Å². The number of ether oxygens (including phenoxy) is 1. The highest BCUT2D eigenvalue weighted by molar-refractivity contribution is 5.90. The third kappa shape index (κ3) is 3.65. The largest absolute Gasteiger partial charge is 0.493 e. The van der Waals surface area contributed by atoms with E-state index < -0.39 is 5.41 Å². The van der Waals surface area contributed by atoms with E-state index >= 15 is 0 Å². The SMILES string of the molecule is C=CC(=O)N1CCC(C(=O)NC2CCOc3ccccc32)(c2ccccc2)CC1. The van der Waals surface area contributed by atoms with Crippen LogP contribution in [0.15, 0.2) is 67.3 Å². The molecule has 0 spiro atoms. The Labute approximate surface area is 171 Å². The van der Waals surface area contributed by atoms with Crippen LogP contribution in [0.5, 0.6) is 5.75 Å². The Morgan fingerprint density at radius 2 is 1.76 bits per heavy atom. The number of rotatable bonds is 4. The minimum atomic E-state index is -0.646. The number of nitrogens with one attached hydrogen (secondary N) is 1. The molecule has 5 heteroatoms. The normalized spacial score (nSPS) is 20.1. The molecule has 1 N–H and O–H groups in total. The van der Waals surface area contributed by atoms with Gasteiger partial charge in [-0.15, -0.1) is 0 Å². The lowest BCUT2D eigenvalue weighted by molar-refractivity contribution is -0.134. The highest BCUT2D eigenvalue weighted by atomic mass is 16.5. The minimum absolute atomic E-state index is 0.0242. The molecule has 2 amide bonds. The first-order chi connectivity index (χ1) is 14.1. The molecule has 0 aromatic heterocycles. The zero-order valence-electron chi connectivity index (χ0n) is 16.5. The number of benzene rings is 2. The van der Waals surface area contributed by atoms with Crippen molar-refractivity contribution >= 4 is 11.8 Å². The fraction of sp³-hybridized carbons (Fsp3) is 0.333. The van der Waals surface area contributed by atoms with Gasteiger partial charge in [-0.1, -0.05) is 55.1 Å². The predicted octanol–water partition coefficient (Wildman–Crippen LogP) is 3.37. The van der Waals surface area contributed by atoms with Gasteiger partial charge in [0.2, 0.25) is 11.8 Å². The molecule has 1 fully saturated rings. The van der Waals surface area contributed by atoms with Gasteiger partial charge in [0.15, 0.2) is 0 Å². The van der Waals surface area contributed by atoms with Gasteiger partial charge in [-0.3, -0.25) is 9.59 Å². The Kier molecular flexibility index (Phi) is 5.38. The summed E-state index contributed by atoms with van der Waals surface area (Å²) in [5.41, 5.74) is 1.38. The van der Waals surface area contributed by atoms with Crippen LogP contribution in [0.3, 0.4) is 0 Å². The number of para-hydroxylation sites is 1. The summed E-state index contributed by atoms with van der Waals surface area (Å²) >= 11 is 0. The van der Waals surface area contributed by atoms with Crippen LogP contribution in [0.1, 0.15) is 36.4 Å². The first-order valence-corrected chi connectivity index (χ1v) is 10.1. The molecule has 150 valence electrons. The second-order valence-corrected chi connectivity index (χ2v) is 7.68. The van der Waals surface area contributed by atoms with Crippen molar-refractivity contribution in [2.75, 3.05) is 19.7 Å². The molecule has 0 aliphatic carbocycles. The van der Waals surface area contributed by atoms with Gasteiger partial charge in [0, 0.05) is 25.1 Å². The van der Waals surface area contributed by atoms with Crippen LogP contribution in [0, 0.1) is 0 Å². The number of carbonyl (C=O) groups excluding carboxylic acids is 2. The van der Waals surface area contributed by atoms with E-state index in [0.29, 0.717) is 32.5 Å². The van der Waals surface area contributed by atoms with Crippen molar-refractivity contribution in [1.82, 2.24) is 10.2 Å². The monoisotopic (exact) mass is 390 g/mol. The number of hydrogen-bond acceptors (Lipinski definition) is 3. The minimum Gasteiger partial charge on any atom is -0.493 e. The molecule has 5 nitrogen and oxygen atoms in total. The topological polar surface area (TPSA) is 58.6 Å². The average Bonchev–Trinajstić information content (AvgIpc) is 2.79. The summed E-state index contributed by atoms with van der Waals surface area (Å²) < 4.78 is 5.74. The van der Waals surface area contributed by atoms with Crippen molar-refractivity contribution in [2.24, 2.45) is 0 Å². The maximum absolute atomic E-state index is 13.7. The molecule has 2 aliphatic rings. The highest BCUT2D eigenvalue weighted by Crippen LogP contribution is 2.38. The van der Waals surface area contributed by atoms with E-state index in [1.807, 2.05) is 54.6 Å². The average molecular weight is 390 g/mol. The Balaban J connectivity index is 1.60. The van der Waals surface area contributed by atoms with Crippen molar-refractivity contribution in [3.63, 3.8) is 0 Å². The van der Waals surface area contributed by atoms with E-state index in [0.717, 1.165) is 23.3 Å².